The highest BCUT2D eigenvalue weighted by atomic mass is 15.2. The predicted octanol–water partition coefficient (Wildman–Crippen LogP) is 1.90. The van der Waals surface area contributed by atoms with E-state index in [9.17, 15) is 0 Å². The number of anilines is 2. The molecule has 0 bridgehead atoms. The second-order valence-electron chi connectivity index (χ2n) is 4.13. The smallest absolute Gasteiger partial charge is 0.128 e. The summed E-state index contributed by atoms with van der Waals surface area (Å²) >= 11 is 0. The maximum atomic E-state index is 5.58. The number of nitrogen functional groups attached to an aromatic ring is 1. The molecular weight excluding hydrogens is 174 g/mol. The number of hydrogen-bond acceptors (Lipinski definition) is 3. The van der Waals surface area contributed by atoms with Gasteiger partial charge in [-0.15, -0.1) is 0 Å². The summed E-state index contributed by atoms with van der Waals surface area (Å²) in [5.74, 6) is 1.89. The second kappa shape index (κ2) is 3.86. The zero-order valence-corrected chi connectivity index (χ0v) is 8.61. The lowest BCUT2D eigenvalue weighted by atomic mass is 9.85. The van der Waals surface area contributed by atoms with Gasteiger partial charge in [0.05, 0.1) is 11.9 Å². The summed E-state index contributed by atoms with van der Waals surface area (Å²) in [6.45, 7) is 1.12. The topological polar surface area (TPSA) is 42.1 Å². The molecule has 1 aliphatic carbocycles. The normalized spacial score (nSPS) is 16.4. The first-order chi connectivity index (χ1) is 6.75. The van der Waals surface area contributed by atoms with Crippen molar-refractivity contribution in [2.45, 2.75) is 19.3 Å². The Morgan fingerprint density at radius 1 is 1.50 bits per heavy atom. The number of rotatable bonds is 3. The molecule has 0 atom stereocenters. The fourth-order valence-corrected chi connectivity index (χ4v) is 1.78. The zero-order valence-electron chi connectivity index (χ0n) is 8.61. The largest absolute Gasteiger partial charge is 0.397 e. The van der Waals surface area contributed by atoms with Crippen LogP contribution in [-0.4, -0.2) is 18.6 Å². The highest BCUT2D eigenvalue weighted by Gasteiger charge is 2.19. The van der Waals surface area contributed by atoms with Gasteiger partial charge in [0.15, 0.2) is 0 Å². The third-order valence-electron chi connectivity index (χ3n) is 2.92. The molecule has 0 amide bonds. The molecule has 1 saturated carbocycles. The highest BCUT2D eigenvalue weighted by molar-refractivity contribution is 5.45. The molecule has 3 nitrogen and oxygen atoms in total. The van der Waals surface area contributed by atoms with Gasteiger partial charge in [0.2, 0.25) is 0 Å². The van der Waals surface area contributed by atoms with Crippen LogP contribution < -0.4 is 10.6 Å². The fraction of sp³-hybridized carbons (Fsp3) is 0.545. The molecule has 0 aliphatic heterocycles. The Kier molecular flexibility index (Phi) is 2.57. The minimum atomic E-state index is 0.728. The van der Waals surface area contributed by atoms with Crippen LogP contribution in [0.2, 0.25) is 0 Å². The number of aromatic nitrogens is 1. The van der Waals surface area contributed by atoms with Gasteiger partial charge in [-0.1, -0.05) is 6.42 Å². The van der Waals surface area contributed by atoms with Crippen LogP contribution in [-0.2, 0) is 0 Å². The molecule has 3 heteroatoms. The molecule has 2 N–H and O–H groups in total. The molecular formula is C11H17N3. The van der Waals surface area contributed by atoms with E-state index in [1.165, 1.54) is 19.3 Å². The molecule has 0 aromatic carbocycles. The molecule has 0 saturated heterocycles. The summed E-state index contributed by atoms with van der Waals surface area (Å²) in [5, 5.41) is 0. The van der Waals surface area contributed by atoms with Gasteiger partial charge in [0.25, 0.3) is 0 Å². The van der Waals surface area contributed by atoms with E-state index in [1.54, 1.807) is 6.20 Å². The van der Waals surface area contributed by atoms with Crippen molar-refractivity contribution in [2.75, 3.05) is 24.2 Å². The van der Waals surface area contributed by atoms with E-state index in [4.69, 9.17) is 5.73 Å². The summed E-state index contributed by atoms with van der Waals surface area (Å²) in [5.41, 5.74) is 6.31. The summed E-state index contributed by atoms with van der Waals surface area (Å²) in [7, 11) is 2.09. The summed E-state index contributed by atoms with van der Waals surface area (Å²) in [4.78, 5) is 6.50. The number of nitrogens with two attached hydrogens (primary N) is 1. The highest BCUT2D eigenvalue weighted by Crippen LogP contribution is 2.27. The molecule has 1 aliphatic rings. The van der Waals surface area contributed by atoms with Crippen molar-refractivity contribution < 1.29 is 0 Å². The molecule has 1 aromatic heterocycles. The van der Waals surface area contributed by atoms with Crippen LogP contribution >= 0.6 is 0 Å². The zero-order chi connectivity index (χ0) is 9.97. The molecule has 1 aromatic rings. The average molecular weight is 191 g/mol. The van der Waals surface area contributed by atoms with Crippen LogP contribution in [0.15, 0.2) is 18.3 Å². The Hall–Kier alpha value is -1.25. The minimum Gasteiger partial charge on any atom is -0.397 e. The summed E-state index contributed by atoms with van der Waals surface area (Å²) < 4.78 is 0. The molecule has 0 unspecified atom stereocenters. The van der Waals surface area contributed by atoms with E-state index < -0.39 is 0 Å². The number of pyridine rings is 1. The Morgan fingerprint density at radius 3 is 2.79 bits per heavy atom. The molecule has 0 spiro atoms. The molecule has 14 heavy (non-hydrogen) atoms. The lowest BCUT2D eigenvalue weighted by Gasteiger charge is -2.30. The second-order valence-corrected chi connectivity index (χ2v) is 4.13. The van der Waals surface area contributed by atoms with Crippen molar-refractivity contribution in [3.05, 3.63) is 18.3 Å². The Labute approximate surface area is 84.9 Å². The van der Waals surface area contributed by atoms with Gasteiger partial charge in [0.1, 0.15) is 5.82 Å². The van der Waals surface area contributed by atoms with Crippen molar-refractivity contribution in [3.63, 3.8) is 0 Å². The van der Waals surface area contributed by atoms with Gasteiger partial charge < -0.3 is 10.6 Å². The number of hydrogen-bond donors (Lipinski definition) is 1. The quantitative estimate of drug-likeness (QED) is 0.793. The monoisotopic (exact) mass is 191 g/mol. The molecule has 76 valence electrons. The maximum Gasteiger partial charge on any atom is 0.128 e. The van der Waals surface area contributed by atoms with Gasteiger partial charge in [-0.05, 0) is 30.9 Å². The van der Waals surface area contributed by atoms with Crippen LogP contribution in [0.1, 0.15) is 19.3 Å². The third-order valence-corrected chi connectivity index (χ3v) is 2.92. The first kappa shape index (κ1) is 9.31. The van der Waals surface area contributed by atoms with E-state index in [0.717, 1.165) is 24.0 Å². The number of nitrogens with zero attached hydrogens (tertiary/aromatic N) is 2. The standard InChI is InChI=1S/C11H17N3/c1-14(8-9-3-2-4-9)11-6-5-10(12)7-13-11/h5-7,9H,2-4,8,12H2,1H3. The first-order valence-electron chi connectivity index (χ1n) is 5.18. The Balaban J connectivity index is 1.95. The Morgan fingerprint density at radius 2 is 2.29 bits per heavy atom. The summed E-state index contributed by atoms with van der Waals surface area (Å²) in [6.07, 6.45) is 5.86. The van der Waals surface area contributed by atoms with E-state index in [-0.39, 0.29) is 0 Å². The van der Waals surface area contributed by atoms with E-state index in [2.05, 4.69) is 16.9 Å². The lowest BCUT2D eigenvalue weighted by molar-refractivity contribution is 0.321. The summed E-state index contributed by atoms with van der Waals surface area (Å²) in [6, 6.07) is 3.88. The molecule has 2 rings (SSSR count). The molecule has 1 fully saturated rings. The Bertz CT molecular complexity index is 290. The van der Waals surface area contributed by atoms with Crippen LogP contribution in [0, 0.1) is 5.92 Å². The molecule has 0 radical (unpaired) electrons. The van der Waals surface area contributed by atoms with Gasteiger partial charge >= 0.3 is 0 Å². The lowest BCUT2D eigenvalue weighted by Crippen LogP contribution is -2.29. The van der Waals surface area contributed by atoms with E-state index in [1.807, 2.05) is 12.1 Å². The van der Waals surface area contributed by atoms with Crippen LogP contribution in [0.25, 0.3) is 0 Å². The van der Waals surface area contributed by atoms with Crippen LogP contribution in [0.5, 0.6) is 0 Å². The van der Waals surface area contributed by atoms with Crippen molar-refractivity contribution >= 4 is 11.5 Å². The van der Waals surface area contributed by atoms with Crippen molar-refractivity contribution in [3.8, 4) is 0 Å². The molecule has 1 heterocycles. The minimum absolute atomic E-state index is 0.728. The average Bonchev–Trinajstić information content (AvgIpc) is 2.12. The van der Waals surface area contributed by atoms with E-state index in [0.29, 0.717) is 0 Å². The van der Waals surface area contributed by atoms with Crippen molar-refractivity contribution in [1.82, 2.24) is 4.98 Å². The predicted molar refractivity (Wildman–Crippen MR) is 59.3 cm³/mol. The maximum absolute atomic E-state index is 5.58. The van der Waals surface area contributed by atoms with Crippen molar-refractivity contribution in [2.24, 2.45) is 5.92 Å². The SMILES string of the molecule is CN(CC1CCC1)c1ccc(N)cn1. The van der Waals surface area contributed by atoms with Crippen molar-refractivity contribution in [1.29, 1.82) is 0 Å². The third kappa shape index (κ3) is 1.97. The van der Waals surface area contributed by atoms with Crippen LogP contribution in [0.4, 0.5) is 11.5 Å². The van der Waals surface area contributed by atoms with Gasteiger partial charge in [-0.2, -0.15) is 0 Å². The van der Waals surface area contributed by atoms with Gasteiger partial charge in [-0.25, -0.2) is 4.98 Å². The fourth-order valence-electron chi connectivity index (χ4n) is 1.78. The van der Waals surface area contributed by atoms with Gasteiger partial charge in [-0.3, -0.25) is 0 Å². The van der Waals surface area contributed by atoms with Crippen LogP contribution in [0.3, 0.4) is 0 Å². The first-order valence-corrected chi connectivity index (χ1v) is 5.18. The van der Waals surface area contributed by atoms with E-state index >= 15 is 0 Å². The van der Waals surface area contributed by atoms with Gasteiger partial charge in [0, 0.05) is 13.6 Å².